The van der Waals surface area contributed by atoms with Crippen molar-refractivity contribution in [3.05, 3.63) is 70.2 Å². The van der Waals surface area contributed by atoms with Crippen LogP contribution in [0.25, 0.3) is 16.8 Å². The number of benzene rings is 1. The molecule has 0 atom stereocenters. The molecule has 0 spiro atoms. The molecule has 0 fully saturated rings. The molecule has 5 heteroatoms. The van der Waals surface area contributed by atoms with Gasteiger partial charge in [-0.15, -0.1) is 0 Å². The van der Waals surface area contributed by atoms with Crippen molar-refractivity contribution >= 4 is 17.1 Å². The predicted molar refractivity (Wildman–Crippen MR) is 70.7 cm³/mol. The summed E-state index contributed by atoms with van der Waals surface area (Å²) < 4.78 is 1.81. The lowest BCUT2D eigenvalue weighted by atomic mass is 10.1. The van der Waals surface area contributed by atoms with Gasteiger partial charge in [0.05, 0.1) is 0 Å². The monoisotopic (exact) mass is 336 g/mol. The lowest BCUT2D eigenvalue weighted by Crippen LogP contribution is -3.00. The fourth-order valence-corrected chi connectivity index (χ4v) is 2.02. The van der Waals surface area contributed by atoms with E-state index in [0.29, 0.717) is 10.5 Å². The summed E-state index contributed by atoms with van der Waals surface area (Å²) in [5.41, 5.74) is 2.20. The number of hydrogen-bond acceptors (Lipinski definition) is 1. The fourth-order valence-electron chi connectivity index (χ4n) is 1.89. The van der Waals surface area contributed by atoms with Gasteiger partial charge in [0, 0.05) is 22.7 Å². The Labute approximate surface area is 125 Å². The van der Waals surface area contributed by atoms with E-state index in [1.807, 2.05) is 41.1 Å². The SMILES string of the molecule is O=c1[nH]c(-c2ccc(Cl)cc2)c[n+]2ccccc12.[Br-]. The maximum absolute atomic E-state index is 11.9. The van der Waals surface area contributed by atoms with Crippen molar-refractivity contribution in [2.75, 3.05) is 0 Å². The van der Waals surface area contributed by atoms with Crippen molar-refractivity contribution in [2.45, 2.75) is 0 Å². The molecule has 0 bridgehead atoms. The number of nitrogens with one attached hydrogen (secondary N) is 1. The maximum atomic E-state index is 11.9. The molecule has 1 N–H and O–H groups in total. The highest BCUT2D eigenvalue weighted by Gasteiger charge is 2.09. The Hall–Kier alpha value is -1.65. The molecule has 19 heavy (non-hydrogen) atoms. The van der Waals surface area contributed by atoms with Gasteiger partial charge in [0.15, 0.2) is 12.4 Å². The van der Waals surface area contributed by atoms with Crippen LogP contribution in [-0.2, 0) is 0 Å². The molecule has 0 aliphatic rings. The Morgan fingerprint density at radius 1 is 1.05 bits per heavy atom. The molecule has 3 rings (SSSR count). The number of rotatable bonds is 1. The summed E-state index contributed by atoms with van der Waals surface area (Å²) in [4.78, 5) is 14.8. The standard InChI is InChI=1S/C14H9ClN2O.BrH/c15-11-6-4-10(5-7-11)12-9-17-8-2-1-3-13(17)14(18)16-12;/h1-9H;1H. The van der Waals surface area contributed by atoms with Crippen molar-refractivity contribution in [3.63, 3.8) is 0 Å². The molecule has 0 radical (unpaired) electrons. The minimum Gasteiger partial charge on any atom is -1.00 e. The van der Waals surface area contributed by atoms with Crippen molar-refractivity contribution < 1.29 is 21.4 Å². The van der Waals surface area contributed by atoms with E-state index < -0.39 is 0 Å². The van der Waals surface area contributed by atoms with E-state index >= 15 is 0 Å². The van der Waals surface area contributed by atoms with Gasteiger partial charge >= 0.3 is 5.56 Å². The third-order valence-corrected chi connectivity index (χ3v) is 3.05. The van der Waals surface area contributed by atoms with Crippen molar-refractivity contribution in [1.29, 1.82) is 0 Å². The zero-order chi connectivity index (χ0) is 12.5. The summed E-state index contributed by atoms with van der Waals surface area (Å²) in [6, 6.07) is 12.9. The van der Waals surface area contributed by atoms with Crippen LogP contribution in [0.2, 0.25) is 5.02 Å². The van der Waals surface area contributed by atoms with Gasteiger partial charge in [-0.2, -0.15) is 4.40 Å². The number of H-pyrrole nitrogens is 1. The molecule has 1 aromatic carbocycles. The average Bonchev–Trinajstić information content (AvgIpc) is 2.39. The molecule has 2 aromatic heterocycles. The lowest BCUT2D eigenvalue weighted by Gasteiger charge is -1.99. The summed E-state index contributed by atoms with van der Waals surface area (Å²) in [7, 11) is 0. The van der Waals surface area contributed by atoms with E-state index in [1.165, 1.54) is 0 Å². The summed E-state index contributed by atoms with van der Waals surface area (Å²) in [6.45, 7) is 0. The molecule has 0 aliphatic heterocycles. The Bertz CT molecular complexity index is 768. The molecule has 96 valence electrons. The van der Waals surface area contributed by atoms with Crippen LogP contribution in [0, 0.1) is 0 Å². The third kappa shape index (κ3) is 2.69. The lowest BCUT2D eigenvalue weighted by molar-refractivity contribution is -0.512. The minimum absolute atomic E-state index is 0. The van der Waals surface area contributed by atoms with Gasteiger partial charge in [-0.05, 0) is 18.2 Å². The van der Waals surface area contributed by atoms with Crippen molar-refractivity contribution in [3.8, 4) is 11.3 Å². The van der Waals surface area contributed by atoms with Gasteiger partial charge in [0.1, 0.15) is 5.69 Å². The first-order chi connectivity index (χ1) is 8.74. The normalized spacial score (nSPS) is 10.2. The first-order valence-corrected chi connectivity index (χ1v) is 5.91. The maximum Gasteiger partial charge on any atom is 0.321 e. The van der Waals surface area contributed by atoms with Crippen LogP contribution in [0.1, 0.15) is 0 Å². The number of fused-ring (bicyclic) bond motifs is 1. The summed E-state index contributed by atoms with van der Waals surface area (Å²) in [5.74, 6) is 0. The fraction of sp³-hybridized carbons (Fsp3) is 0. The van der Waals surface area contributed by atoms with Gasteiger partial charge in [-0.1, -0.05) is 23.7 Å². The van der Waals surface area contributed by atoms with Crippen LogP contribution in [-0.4, -0.2) is 4.98 Å². The highest BCUT2D eigenvalue weighted by Crippen LogP contribution is 2.17. The van der Waals surface area contributed by atoms with Crippen LogP contribution in [0.3, 0.4) is 0 Å². The Kier molecular flexibility index (Phi) is 4.02. The molecule has 0 saturated carbocycles. The first kappa shape index (κ1) is 13.8. The smallest absolute Gasteiger partial charge is 0.321 e. The number of hydrogen-bond donors (Lipinski definition) is 1. The van der Waals surface area contributed by atoms with Gasteiger partial charge in [0.25, 0.3) is 5.52 Å². The van der Waals surface area contributed by atoms with Gasteiger partial charge < -0.3 is 22.0 Å². The quantitative estimate of drug-likeness (QED) is 0.594. The number of pyridine rings is 1. The molecule has 2 heterocycles. The number of halogens is 2. The zero-order valence-corrected chi connectivity index (χ0v) is 12.1. The predicted octanol–water partition coefficient (Wildman–Crippen LogP) is -0.562. The van der Waals surface area contributed by atoms with E-state index in [9.17, 15) is 4.79 Å². The van der Waals surface area contributed by atoms with E-state index in [1.54, 1.807) is 18.2 Å². The number of aromatic nitrogens is 2. The van der Waals surface area contributed by atoms with Gasteiger partial charge in [0.2, 0.25) is 0 Å². The molecule has 3 nitrogen and oxygen atoms in total. The molecular weight excluding hydrogens is 328 g/mol. The third-order valence-electron chi connectivity index (χ3n) is 2.79. The van der Waals surface area contributed by atoms with Crippen molar-refractivity contribution in [2.24, 2.45) is 0 Å². The largest absolute Gasteiger partial charge is 1.00 e. The van der Waals surface area contributed by atoms with Gasteiger partial charge in [-0.3, -0.25) is 4.79 Å². The molecule has 0 aliphatic carbocycles. The Balaban J connectivity index is 0.00000133. The Morgan fingerprint density at radius 3 is 2.53 bits per heavy atom. The molecule has 0 saturated heterocycles. The Morgan fingerprint density at radius 2 is 1.79 bits per heavy atom. The van der Waals surface area contributed by atoms with Crippen LogP contribution in [0.5, 0.6) is 0 Å². The topological polar surface area (TPSA) is 37.0 Å². The van der Waals surface area contributed by atoms with Crippen molar-refractivity contribution in [1.82, 2.24) is 4.98 Å². The van der Waals surface area contributed by atoms with E-state index in [0.717, 1.165) is 11.3 Å². The minimum atomic E-state index is -0.108. The summed E-state index contributed by atoms with van der Waals surface area (Å²) in [6.07, 6.45) is 3.74. The molecule has 3 aromatic rings. The number of aromatic amines is 1. The highest BCUT2D eigenvalue weighted by molar-refractivity contribution is 6.30. The molecule has 0 unspecified atom stereocenters. The van der Waals surface area contributed by atoms with Gasteiger partial charge in [-0.25, -0.2) is 0 Å². The van der Waals surface area contributed by atoms with Crippen LogP contribution < -0.4 is 26.9 Å². The average molecular weight is 338 g/mol. The first-order valence-electron chi connectivity index (χ1n) is 5.53. The van der Waals surface area contributed by atoms with E-state index in [-0.39, 0.29) is 22.5 Å². The van der Waals surface area contributed by atoms with E-state index in [2.05, 4.69) is 4.98 Å². The van der Waals surface area contributed by atoms with Crippen LogP contribution in [0.4, 0.5) is 0 Å². The summed E-state index contributed by atoms with van der Waals surface area (Å²) in [5, 5.41) is 0.675. The van der Waals surface area contributed by atoms with Crippen LogP contribution in [0.15, 0.2) is 59.7 Å². The highest BCUT2D eigenvalue weighted by atomic mass is 79.9. The molecule has 0 amide bonds. The molecular formula is C14H10BrClN2O. The van der Waals surface area contributed by atoms with Crippen LogP contribution >= 0.6 is 11.6 Å². The zero-order valence-electron chi connectivity index (χ0n) is 9.81. The second-order valence-electron chi connectivity index (χ2n) is 4.00. The number of nitrogens with zero attached hydrogens (tertiary/aromatic N) is 1. The second-order valence-corrected chi connectivity index (χ2v) is 4.43. The second kappa shape index (κ2) is 5.55. The summed E-state index contributed by atoms with van der Waals surface area (Å²) >= 11 is 5.85. The van der Waals surface area contributed by atoms with E-state index in [4.69, 9.17) is 11.6 Å².